The smallest absolute Gasteiger partial charge is 0.343 e. The second kappa shape index (κ2) is 11.8. The van der Waals surface area contributed by atoms with E-state index in [1.165, 1.54) is 24.7 Å². The van der Waals surface area contributed by atoms with Crippen molar-refractivity contribution in [2.75, 3.05) is 12.4 Å². The summed E-state index contributed by atoms with van der Waals surface area (Å²) in [5, 5.41) is 18.1. The number of ether oxygens (including phenoxy) is 2. The Morgan fingerprint density at radius 3 is 2.55 bits per heavy atom. The van der Waals surface area contributed by atoms with Crippen molar-refractivity contribution in [3.05, 3.63) is 87.8 Å². The number of methoxy groups -OCH3 is 1. The summed E-state index contributed by atoms with van der Waals surface area (Å²) in [4.78, 5) is 39.0. The van der Waals surface area contributed by atoms with Crippen molar-refractivity contribution in [1.82, 2.24) is 5.43 Å². The number of esters is 1. The molecule has 9 nitrogen and oxygen atoms in total. The number of carbonyl (C=O) groups is 3. The zero-order valence-electron chi connectivity index (χ0n) is 21.5. The minimum Gasteiger partial charge on any atom is -0.497 e. The van der Waals surface area contributed by atoms with Crippen LogP contribution < -0.4 is 20.2 Å². The maximum absolute atomic E-state index is 12.8. The van der Waals surface area contributed by atoms with Crippen LogP contribution in [0.5, 0.6) is 11.5 Å². The van der Waals surface area contributed by atoms with Gasteiger partial charge in [0.15, 0.2) is 0 Å². The molecule has 1 aliphatic rings. The van der Waals surface area contributed by atoms with Crippen LogP contribution in [0.1, 0.15) is 44.8 Å². The van der Waals surface area contributed by atoms with E-state index in [0.29, 0.717) is 27.4 Å². The van der Waals surface area contributed by atoms with Gasteiger partial charge in [0.25, 0.3) is 0 Å². The number of carbonyl (C=O) groups excluding carboxylic acids is 3. The van der Waals surface area contributed by atoms with E-state index < -0.39 is 17.8 Å². The molecule has 0 radical (unpaired) electrons. The molecule has 10 heteroatoms. The summed E-state index contributed by atoms with van der Waals surface area (Å²) in [6.45, 7) is 0. The van der Waals surface area contributed by atoms with Crippen LogP contribution in [0.3, 0.4) is 0 Å². The lowest BCUT2D eigenvalue weighted by Crippen LogP contribution is -2.32. The highest BCUT2D eigenvalue weighted by Crippen LogP contribution is 2.37. The van der Waals surface area contributed by atoms with E-state index in [2.05, 4.69) is 21.9 Å². The van der Waals surface area contributed by atoms with Crippen LogP contribution in [-0.2, 0) is 22.4 Å². The Balaban J connectivity index is 1.33. The van der Waals surface area contributed by atoms with Gasteiger partial charge in [0.2, 0.25) is 0 Å². The molecule has 3 aromatic carbocycles. The van der Waals surface area contributed by atoms with Gasteiger partial charge < -0.3 is 14.8 Å². The van der Waals surface area contributed by atoms with Crippen LogP contribution in [0, 0.1) is 11.3 Å². The highest BCUT2D eigenvalue weighted by atomic mass is 32.1. The van der Waals surface area contributed by atoms with E-state index in [4.69, 9.17) is 9.47 Å². The molecule has 1 heterocycles. The van der Waals surface area contributed by atoms with Crippen LogP contribution in [0.25, 0.3) is 10.8 Å². The fourth-order valence-electron chi connectivity index (χ4n) is 4.52. The number of hydrogen-bond donors (Lipinski definition) is 2. The molecule has 4 aromatic rings. The molecule has 5 rings (SSSR count). The predicted octanol–water partition coefficient (Wildman–Crippen LogP) is 4.97. The number of amides is 2. The first-order chi connectivity index (χ1) is 19.5. The third kappa shape index (κ3) is 5.55. The highest BCUT2D eigenvalue weighted by molar-refractivity contribution is 7.16. The van der Waals surface area contributed by atoms with Crippen LogP contribution in [-0.4, -0.2) is 31.1 Å². The standard InChI is InChI=1S/C30H24N4O5S/c1-38-20-13-10-19(11-14-20)30(37)39-25-15-12-18-6-2-3-7-21(18)24(25)17-32-34-28(36)27(35)33-29-23(16-31)22-8-4-5-9-26(22)40-29/h2-3,6-7,10-15,17H,4-5,8-9H2,1H3,(H,33,35)(H,34,36)/b32-17+. The Bertz CT molecular complexity index is 1680. The molecule has 0 aliphatic heterocycles. The first-order valence-electron chi connectivity index (χ1n) is 12.6. The van der Waals surface area contributed by atoms with Gasteiger partial charge in [-0.25, -0.2) is 10.2 Å². The zero-order valence-corrected chi connectivity index (χ0v) is 22.3. The van der Waals surface area contributed by atoms with Gasteiger partial charge >= 0.3 is 17.8 Å². The second-order valence-corrected chi connectivity index (χ2v) is 10.1. The molecule has 0 fully saturated rings. The Morgan fingerprint density at radius 1 is 1.00 bits per heavy atom. The summed E-state index contributed by atoms with van der Waals surface area (Å²) in [6, 6.07) is 19.5. The van der Waals surface area contributed by atoms with Gasteiger partial charge in [0, 0.05) is 10.4 Å². The number of nitrogens with one attached hydrogen (secondary N) is 2. The number of nitriles is 1. The molecule has 0 spiro atoms. The number of anilines is 1. The summed E-state index contributed by atoms with van der Waals surface area (Å²) in [5.41, 5.74) is 4.37. The lowest BCUT2D eigenvalue weighted by molar-refractivity contribution is -0.136. The maximum atomic E-state index is 12.8. The Kier molecular flexibility index (Phi) is 7.84. The largest absolute Gasteiger partial charge is 0.497 e. The summed E-state index contributed by atoms with van der Waals surface area (Å²) >= 11 is 1.33. The average Bonchev–Trinajstić information content (AvgIpc) is 3.34. The number of rotatable bonds is 6. The first kappa shape index (κ1) is 26.6. The number of nitrogens with zero attached hydrogens (tertiary/aromatic N) is 2. The fraction of sp³-hybridized carbons (Fsp3) is 0.167. The molecule has 2 N–H and O–H groups in total. The van der Waals surface area contributed by atoms with Gasteiger partial charge in [0.05, 0.1) is 24.5 Å². The van der Waals surface area contributed by atoms with Crippen molar-refractivity contribution in [2.45, 2.75) is 25.7 Å². The summed E-state index contributed by atoms with van der Waals surface area (Å²) in [7, 11) is 1.54. The first-order valence-corrected chi connectivity index (χ1v) is 13.4. The van der Waals surface area contributed by atoms with E-state index in [0.717, 1.165) is 46.9 Å². The number of hydrazone groups is 1. The number of aryl methyl sites for hydroxylation is 1. The SMILES string of the molecule is COc1ccc(C(=O)Oc2ccc3ccccc3c2/C=N/NC(=O)C(=O)Nc2sc3c(c2C#N)CCCC3)cc1. The number of fused-ring (bicyclic) bond motifs is 2. The molecule has 0 bridgehead atoms. The molecule has 1 aliphatic carbocycles. The lowest BCUT2D eigenvalue weighted by Gasteiger charge is -2.11. The van der Waals surface area contributed by atoms with Crippen molar-refractivity contribution in [2.24, 2.45) is 5.10 Å². The number of thiophene rings is 1. The van der Waals surface area contributed by atoms with E-state index in [-0.39, 0.29) is 5.75 Å². The van der Waals surface area contributed by atoms with Crippen LogP contribution in [0.4, 0.5) is 5.00 Å². The molecule has 0 unspecified atom stereocenters. The van der Waals surface area contributed by atoms with Crippen molar-refractivity contribution in [1.29, 1.82) is 5.26 Å². The molecule has 0 atom stereocenters. The molecule has 1 aromatic heterocycles. The van der Waals surface area contributed by atoms with Crippen molar-refractivity contribution < 1.29 is 23.9 Å². The van der Waals surface area contributed by atoms with Gasteiger partial charge in [-0.15, -0.1) is 11.3 Å². The summed E-state index contributed by atoms with van der Waals surface area (Å²) in [6.07, 6.45) is 5.00. The maximum Gasteiger partial charge on any atom is 0.343 e. The third-order valence-electron chi connectivity index (χ3n) is 6.54. The minimum absolute atomic E-state index is 0.227. The third-order valence-corrected chi connectivity index (χ3v) is 7.74. The molecule has 200 valence electrons. The highest BCUT2D eigenvalue weighted by Gasteiger charge is 2.23. The van der Waals surface area contributed by atoms with Gasteiger partial charge in [-0.05, 0) is 72.4 Å². The normalized spacial score (nSPS) is 12.4. The number of hydrogen-bond acceptors (Lipinski definition) is 8. The monoisotopic (exact) mass is 552 g/mol. The molecule has 40 heavy (non-hydrogen) atoms. The van der Waals surface area contributed by atoms with E-state index in [1.54, 1.807) is 30.3 Å². The van der Waals surface area contributed by atoms with Gasteiger partial charge in [-0.1, -0.05) is 30.3 Å². The molecule has 0 saturated heterocycles. The Hall–Kier alpha value is -5.01. The Morgan fingerprint density at radius 2 is 1.77 bits per heavy atom. The van der Waals surface area contributed by atoms with Crippen molar-refractivity contribution >= 4 is 51.1 Å². The van der Waals surface area contributed by atoms with E-state index in [9.17, 15) is 19.6 Å². The second-order valence-electron chi connectivity index (χ2n) is 9.00. The van der Waals surface area contributed by atoms with Crippen LogP contribution in [0.15, 0.2) is 65.8 Å². The summed E-state index contributed by atoms with van der Waals surface area (Å²) in [5.74, 6) is -1.68. The van der Waals surface area contributed by atoms with Crippen molar-refractivity contribution in [3.63, 3.8) is 0 Å². The Labute approximate surface area is 234 Å². The zero-order chi connectivity index (χ0) is 28.1. The molecule has 2 amide bonds. The van der Waals surface area contributed by atoms with Crippen molar-refractivity contribution in [3.8, 4) is 17.6 Å². The van der Waals surface area contributed by atoms with E-state index in [1.807, 2.05) is 30.3 Å². The van der Waals surface area contributed by atoms with Crippen LogP contribution in [0.2, 0.25) is 0 Å². The molecular formula is C30H24N4O5S. The van der Waals surface area contributed by atoms with Crippen LogP contribution >= 0.6 is 11.3 Å². The van der Waals surface area contributed by atoms with Gasteiger partial charge in [-0.3, -0.25) is 9.59 Å². The number of benzene rings is 3. The fourth-order valence-corrected chi connectivity index (χ4v) is 5.76. The summed E-state index contributed by atoms with van der Waals surface area (Å²) < 4.78 is 10.8. The quantitative estimate of drug-likeness (QED) is 0.114. The average molecular weight is 553 g/mol. The minimum atomic E-state index is -0.997. The topological polar surface area (TPSA) is 130 Å². The lowest BCUT2D eigenvalue weighted by atomic mass is 9.96. The predicted molar refractivity (Wildman–Crippen MR) is 152 cm³/mol. The molecule has 0 saturated carbocycles. The van der Waals surface area contributed by atoms with Gasteiger partial charge in [-0.2, -0.15) is 10.4 Å². The molecular weight excluding hydrogens is 528 g/mol. The van der Waals surface area contributed by atoms with Gasteiger partial charge in [0.1, 0.15) is 22.6 Å². The van der Waals surface area contributed by atoms with E-state index >= 15 is 0 Å².